The zero-order valence-electron chi connectivity index (χ0n) is 11.4. The topological polar surface area (TPSA) is 55.8 Å². The van der Waals surface area contributed by atoms with E-state index in [-0.39, 0.29) is 5.57 Å². The van der Waals surface area contributed by atoms with Crippen LogP contribution < -0.4 is 7.11 Å². The number of aliphatic hydroxyl groups is 1. The SMILES string of the molecule is COC(=O)C(=CO)c1ccccc1Oc1cc[c]([Y])cc1. The predicted octanol–water partition coefficient (Wildman–Crippen LogP) is 2.72. The molecule has 0 bridgehead atoms. The molecule has 1 N–H and O–H groups in total. The molecule has 0 heterocycles. The normalized spacial score (nSPS) is 11.0. The van der Waals surface area contributed by atoms with E-state index in [2.05, 4.69) is 4.74 Å². The standard InChI is InChI=1S/C16H13O4.Y/c1-19-16(18)14(11-17)13-9-5-6-10-15(13)20-12-7-3-2-4-8-12;/h3-11,17H,1H3;. The van der Waals surface area contributed by atoms with E-state index in [4.69, 9.17) is 4.74 Å². The van der Waals surface area contributed by atoms with Crippen molar-refractivity contribution in [2.75, 3.05) is 7.11 Å². The van der Waals surface area contributed by atoms with Crippen LogP contribution in [0.25, 0.3) is 5.57 Å². The van der Waals surface area contributed by atoms with Crippen molar-refractivity contribution in [1.82, 2.24) is 0 Å². The van der Waals surface area contributed by atoms with Gasteiger partial charge in [0.15, 0.2) is 0 Å². The summed E-state index contributed by atoms with van der Waals surface area (Å²) in [7, 11) is 1.26. The summed E-state index contributed by atoms with van der Waals surface area (Å²) < 4.78 is 11.7. The fraction of sp³-hybridized carbons (Fsp3) is 0.0625. The molecule has 0 saturated carbocycles. The average molecular weight is 358 g/mol. The van der Waals surface area contributed by atoms with E-state index >= 15 is 0 Å². The molecule has 0 aliphatic heterocycles. The summed E-state index contributed by atoms with van der Waals surface area (Å²) in [5, 5.41) is 9.29. The molecule has 2 aromatic rings. The third kappa shape index (κ3) is 3.93. The number of esters is 1. The van der Waals surface area contributed by atoms with E-state index in [0.717, 1.165) is 37.2 Å². The Morgan fingerprint density at radius 2 is 1.81 bits per heavy atom. The number of methoxy groups -OCH3 is 1. The molecule has 0 fully saturated rings. The molecule has 5 heteroatoms. The molecule has 104 valence electrons. The van der Waals surface area contributed by atoms with Gasteiger partial charge < -0.3 is 0 Å². The van der Waals surface area contributed by atoms with Crippen LogP contribution in [0.2, 0.25) is 0 Å². The van der Waals surface area contributed by atoms with Crippen molar-refractivity contribution < 1.29 is 50.3 Å². The minimum absolute atomic E-state index is 0.0483. The van der Waals surface area contributed by atoms with E-state index in [1.807, 2.05) is 24.3 Å². The second-order valence-electron chi connectivity index (χ2n) is 4.20. The van der Waals surface area contributed by atoms with Crippen molar-refractivity contribution in [3.05, 3.63) is 60.4 Å². The number of carbonyl (C=O) groups is 1. The Hall–Kier alpha value is -1.65. The average Bonchev–Trinajstić information content (AvgIpc) is 2.51. The van der Waals surface area contributed by atoms with Gasteiger partial charge in [-0.05, 0) is 0 Å². The molecule has 21 heavy (non-hydrogen) atoms. The van der Waals surface area contributed by atoms with Crippen LogP contribution >= 0.6 is 0 Å². The van der Waals surface area contributed by atoms with E-state index in [0.29, 0.717) is 17.1 Å². The van der Waals surface area contributed by atoms with E-state index in [9.17, 15) is 9.90 Å². The first-order chi connectivity index (χ1) is 10.2. The molecule has 0 spiro atoms. The van der Waals surface area contributed by atoms with Gasteiger partial charge in [-0.25, -0.2) is 0 Å². The molecule has 0 amide bonds. The molecule has 0 aromatic heterocycles. The maximum atomic E-state index is 11.7. The van der Waals surface area contributed by atoms with Crippen molar-refractivity contribution in [3.63, 3.8) is 0 Å². The third-order valence-electron chi connectivity index (χ3n) is 2.82. The fourth-order valence-corrected chi connectivity index (χ4v) is 2.26. The predicted molar refractivity (Wildman–Crippen MR) is 75.2 cm³/mol. The molecule has 2 aromatic carbocycles. The van der Waals surface area contributed by atoms with Gasteiger partial charge in [-0.2, -0.15) is 0 Å². The van der Waals surface area contributed by atoms with Crippen molar-refractivity contribution in [2.24, 2.45) is 0 Å². The van der Waals surface area contributed by atoms with Crippen LogP contribution in [0.5, 0.6) is 11.5 Å². The van der Waals surface area contributed by atoms with Gasteiger partial charge in [0.2, 0.25) is 0 Å². The Morgan fingerprint density at radius 3 is 2.43 bits per heavy atom. The summed E-state index contributed by atoms with van der Waals surface area (Å²) in [6.07, 6.45) is 0.731. The van der Waals surface area contributed by atoms with Gasteiger partial charge in [-0.3, -0.25) is 0 Å². The second kappa shape index (κ2) is 7.39. The summed E-state index contributed by atoms with van der Waals surface area (Å²) in [5.41, 5.74) is 0.522. The Balaban J connectivity index is 2.37. The third-order valence-corrected chi connectivity index (χ3v) is 3.77. The first-order valence-electron chi connectivity index (χ1n) is 6.21. The summed E-state index contributed by atoms with van der Waals surface area (Å²) in [6.45, 7) is 0. The number of aliphatic hydroxyl groups excluding tert-OH is 1. The van der Waals surface area contributed by atoms with Crippen molar-refractivity contribution in [2.45, 2.75) is 0 Å². The van der Waals surface area contributed by atoms with E-state index < -0.39 is 5.97 Å². The van der Waals surface area contributed by atoms with Crippen molar-refractivity contribution in [3.8, 4) is 11.5 Å². The Labute approximate surface area is 142 Å². The number of benzene rings is 2. The van der Waals surface area contributed by atoms with E-state index in [1.165, 1.54) is 9.48 Å². The molecule has 0 saturated heterocycles. The van der Waals surface area contributed by atoms with Gasteiger partial charge >= 0.3 is 143 Å². The zero-order chi connectivity index (χ0) is 15.2. The summed E-state index contributed by atoms with van der Waals surface area (Å²) in [5.74, 6) is 0.522. The summed E-state index contributed by atoms with van der Waals surface area (Å²) >= 11 is 1.04. The minimum atomic E-state index is -0.622. The Morgan fingerprint density at radius 1 is 1.14 bits per heavy atom. The van der Waals surface area contributed by atoms with Crippen LogP contribution in [0.4, 0.5) is 0 Å². The van der Waals surface area contributed by atoms with Gasteiger partial charge in [-0.1, -0.05) is 0 Å². The monoisotopic (exact) mass is 358 g/mol. The molecular formula is C16H13O4Y. The number of carbonyl (C=O) groups excluding carboxylic acids is 1. The zero-order valence-corrected chi connectivity index (χ0v) is 14.3. The van der Waals surface area contributed by atoms with Crippen LogP contribution in [-0.4, -0.2) is 18.2 Å². The molecule has 0 aliphatic rings. The van der Waals surface area contributed by atoms with Gasteiger partial charge in [0.1, 0.15) is 0 Å². The van der Waals surface area contributed by atoms with Gasteiger partial charge in [0, 0.05) is 0 Å². The first-order valence-corrected chi connectivity index (χ1v) is 7.63. The van der Waals surface area contributed by atoms with Crippen LogP contribution in [0.3, 0.4) is 0 Å². The summed E-state index contributed by atoms with van der Waals surface area (Å²) in [6, 6.07) is 14.7. The fourth-order valence-electron chi connectivity index (χ4n) is 1.78. The molecule has 2 rings (SSSR count). The second-order valence-corrected chi connectivity index (χ2v) is 5.84. The Bertz CT molecular complexity index is 662. The van der Waals surface area contributed by atoms with Crippen LogP contribution in [-0.2, 0) is 40.5 Å². The van der Waals surface area contributed by atoms with Crippen molar-refractivity contribution in [1.29, 1.82) is 0 Å². The number of para-hydroxylation sites is 1. The van der Waals surface area contributed by atoms with Crippen LogP contribution in [0, 0.1) is 0 Å². The molecule has 0 atom stereocenters. The van der Waals surface area contributed by atoms with Gasteiger partial charge in [0.25, 0.3) is 0 Å². The molecule has 4 nitrogen and oxygen atoms in total. The number of hydrogen-bond acceptors (Lipinski definition) is 4. The molecule has 0 radical (unpaired) electrons. The molecule has 0 unspecified atom stereocenters. The number of hydrogen-bond donors (Lipinski definition) is 1. The first kappa shape index (κ1) is 15.7. The molecular weight excluding hydrogens is 345 g/mol. The van der Waals surface area contributed by atoms with E-state index in [1.54, 1.807) is 24.3 Å². The van der Waals surface area contributed by atoms with Gasteiger partial charge in [-0.15, -0.1) is 0 Å². The maximum absolute atomic E-state index is 11.7. The van der Waals surface area contributed by atoms with Gasteiger partial charge in [0.05, 0.1) is 0 Å². The number of ether oxygens (including phenoxy) is 2. The van der Waals surface area contributed by atoms with Crippen LogP contribution in [0.15, 0.2) is 54.8 Å². The summed E-state index contributed by atoms with van der Waals surface area (Å²) in [4.78, 5) is 11.7. The Kier molecular flexibility index (Phi) is 5.54. The van der Waals surface area contributed by atoms with Crippen molar-refractivity contribution >= 4 is 13.9 Å². The molecule has 0 aliphatic carbocycles. The van der Waals surface area contributed by atoms with Crippen LogP contribution in [0.1, 0.15) is 5.56 Å². The number of rotatable bonds is 4. The quantitative estimate of drug-likeness (QED) is 0.519.